The first kappa shape index (κ1) is 21.6. The number of nitrogens with zero attached hydrogens (tertiary/aromatic N) is 2. The number of aromatic amines is 1. The van der Waals surface area contributed by atoms with E-state index in [4.69, 9.17) is 5.73 Å². The van der Waals surface area contributed by atoms with Crippen LogP contribution in [0, 0.1) is 0 Å². The number of halogens is 1. The van der Waals surface area contributed by atoms with Crippen LogP contribution >= 0.6 is 12.4 Å². The third kappa shape index (κ3) is 5.90. The van der Waals surface area contributed by atoms with Crippen LogP contribution in [0.5, 0.6) is 0 Å². The maximum Gasteiger partial charge on any atom is 0.224 e. The molecule has 0 radical (unpaired) electrons. The summed E-state index contributed by atoms with van der Waals surface area (Å²) in [5.74, 6) is 1.28. The van der Waals surface area contributed by atoms with Crippen LogP contribution in [-0.4, -0.2) is 27.6 Å². The first-order chi connectivity index (χ1) is 13.3. The number of nitrogens with one attached hydrogen (secondary N) is 2. The molecule has 6 nitrogen and oxygen atoms in total. The average Bonchev–Trinajstić information content (AvgIpc) is 3.19. The Kier molecular flexibility index (Phi) is 8.65. The van der Waals surface area contributed by atoms with Gasteiger partial charge in [0.05, 0.1) is 5.69 Å². The molecule has 0 aliphatic heterocycles. The third-order valence-corrected chi connectivity index (χ3v) is 4.33. The van der Waals surface area contributed by atoms with Gasteiger partial charge in [0.25, 0.3) is 0 Å². The topological polar surface area (TPSA) is 96.7 Å². The number of hydrogen-bond donors (Lipinski definition) is 3. The zero-order valence-electron chi connectivity index (χ0n) is 15.7. The molecule has 148 valence electrons. The van der Waals surface area contributed by atoms with E-state index < -0.39 is 0 Å². The van der Waals surface area contributed by atoms with Crippen molar-refractivity contribution in [2.45, 2.75) is 32.1 Å². The first-order valence-corrected chi connectivity index (χ1v) is 9.35. The number of H-pyrrole nitrogens is 1. The number of anilines is 1. The molecule has 1 heterocycles. The van der Waals surface area contributed by atoms with Gasteiger partial charge in [-0.2, -0.15) is 5.10 Å². The summed E-state index contributed by atoms with van der Waals surface area (Å²) in [7, 11) is 0. The predicted octanol–water partition coefficient (Wildman–Crippen LogP) is 4.41. The molecule has 0 aliphatic carbocycles. The lowest BCUT2D eigenvalue weighted by atomic mass is 10.1. The minimum atomic E-state index is 0. The van der Waals surface area contributed by atoms with Gasteiger partial charge in [0, 0.05) is 17.5 Å². The summed E-state index contributed by atoms with van der Waals surface area (Å²) in [6.45, 7) is 0.710. The summed E-state index contributed by atoms with van der Waals surface area (Å²) < 4.78 is 0. The standard InChI is InChI=1S/C21H25N5O.ClH/c22-15-9-2-1-6-14-19(27)23-18-13-8-7-12-17(18)21-24-20(25-26-21)16-10-4-3-5-11-16;/h3-5,7-8,10-13H,1-2,6,9,14-15,22H2,(H,23,27)(H,24,25,26);1H. The van der Waals surface area contributed by atoms with Gasteiger partial charge in [-0.15, -0.1) is 12.4 Å². The van der Waals surface area contributed by atoms with E-state index in [-0.39, 0.29) is 18.3 Å². The van der Waals surface area contributed by atoms with Crippen molar-refractivity contribution >= 4 is 24.0 Å². The molecule has 3 rings (SSSR count). The smallest absolute Gasteiger partial charge is 0.224 e. The number of rotatable bonds is 9. The van der Waals surface area contributed by atoms with Gasteiger partial charge in [0.2, 0.25) is 5.91 Å². The van der Waals surface area contributed by atoms with E-state index in [1.165, 1.54) is 0 Å². The van der Waals surface area contributed by atoms with Gasteiger partial charge in [0.1, 0.15) is 0 Å². The molecule has 0 atom stereocenters. The predicted molar refractivity (Wildman–Crippen MR) is 115 cm³/mol. The fraction of sp³-hybridized carbons (Fsp3) is 0.286. The first-order valence-electron chi connectivity index (χ1n) is 9.35. The SMILES string of the molecule is Cl.NCCCCCCC(=O)Nc1ccccc1-c1nc(-c2ccccc2)n[nH]1. The number of aromatic nitrogens is 3. The molecule has 0 aliphatic rings. The van der Waals surface area contributed by atoms with Gasteiger partial charge in [-0.1, -0.05) is 55.3 Å². The second-order valence-electron chi connectivity index (χ2n) is 6.42. The second kappa shape index (κ2) is 11.2. The Morgan fingerprint density at radius 2 is 1.68 bits per heavy atom. The number of hydrogen-bond acceptors (Lipinski definition) is 4. The van der Waals surface area contributed by atoms with Gasteiger partial charge in [-0.3, -0.25) is 9.89 Å². The normalized spacial score (nSPS) is 10.3. The van der Waals surface area contributed by atoms with Gasteiger partial charge in [-0.05, 0) is 31.5 Å². The molecule has 0 spiro atoms. The van der Waals surface area contributed by atoms with Gasteiger partial charge < -0.3 is 11.1 Å². The summed E-state index contributed by atoms with van der Waals surface area (Å²) in [6, 6.07) is 17.4. The summed E-state index contributed by atoms with van der Waals surface area (Å²) in [6.07, 6.45) is 4.48. The van der Waals surface area contributed by atoms with Crippen LogP contribution in [0.3, 0.4) is 0 Å². The Bertz CT molecular complexity index is 866. The molecule has 0 unspecified atom stereocenters. The van der Waals surface area contributed by atoms with Crippen molar-refractivity contribution in [3.63, 3.8) is 0 Å². The Morgan fingerprint density at radius 3 is 2.46 bits per heavy atom. The van der Waals surface area contributed by atoms with Crippen molar-refractivity contribution in [3.8, 4) is 22.8 Å². The zero-order valence-corrected chi connectivity index (χ0v) is 16.5. The molecule has 0 bridgehead atoms. The Hall–Kier alpha value is -2.70. The van der Waals surface area contributed by atoms with Crippen LogP contribution < -0.4 is 11.1 Å². The van der Waals surface area contributed by atoms with Gasteiger partial charge >= 0.3 is 0 Å². The molecule has 3 aromatic rings. The molecule has 7 heteroatoms. The van der Waals surface area contributed by atoms with E-state index in [1.807, 2.05) is 54.6 Å². The summed E-state index contributed by atoms with van der Waals surface area (Å²) in [5.41, 5.74) is 7.99. The van der Waals surface area contributed by atoms with Crippen LogP contribution in [0.15, 0.2) is 54.6 Å². The quantitative estimate of drug-likeness (QED) is 0.464. The summed E-state index contributed by atoms with van der Waals surface area (Å²) in [5, 5.41) is 10.3. The summed E-state index contributed by atoms with van der Waals surface area (Å²) in [4.78, 5) is 16.9. The van der Waals surface area contributed by atoms with E-state index in [9.17, 15) is 4.79 Å². The highest BCUT2D eigenvalue weighted by atomic mass is 35.5. The zero-order chi connectivity index (χ0) is 18.9. The van der Waals surface area contributed by atoms with E-state index in [0.717, 1.165) is 42.5 Å². The van der Waals surface area contributed by atoms with Crippen molar-refractivity contribution in [2.24, 2.45) is 5.73 Å². The van der Waals surface area contributed by atoms with E-state index in [1.54, 1.807) is 0 Å². The van der Waals surface area contributed by atoms with E-state index in [0.29, 0.717) is 24.6 Å². The van der Waals surface area contributed by atoms with Crippen LogP contribution in [0.4, 0.5) is 5.69 Å². The van der Waals surface area contributed by atoms with Crippen LogP contribution in [0.1, 0.15) is 32.1 Å². The summed E-state index contributed by atoms with van der Waals surface area (Å²) >= 11 is 0. The number of benzene rings is 2. The van der Waals surface area contributed by atoms with E-state index in [2.05, 4.69) is 20.5 Å². The minimum Gasteiger partial charge on any atom is -0.330 e. The van der Waals surface area contributed by atoms with Crippen molar-refractivity contribution in [2.75, 3.05) is 11.9 Å². The molecule has 0 saturated heterocycles. The number of carbonyl (C=O) groups is 1. The van der Waals surface area contributed by atoms with Gasteiger partial charge in [0.15, 0.2) is 11.6 Å². The lowest BCUT2D eigenvalue weighted by Crippen LogP contribution is -2.12. The van der Waals surface area contributed by atoms with Crippen LogP contribution in [-0.2, 0) is 4.79 Å². The largest absolute Gasteiger partial charge is 0.330 e. The highest BCUT2D eigenvalue weighted by Crippen LogP contribution is 2.27. The maximum absolute atomic E-state index is 12.3. The molecule has 0 saturated carbocycles. The molecule has 1 amide bonds. The lowest BCUT2D eigenvalue weighted by molar-refractivity contribution is -0.116. The van der Waals surface area contributed by atoms with Crippen molar-refractivity contribution in [3.05, 3.63) is 54.6 Å². The average molecular weight is 400 g/mol. The lowest BCUT2D eigenvalue weighted by Gasteiger charge is -2.09. The van der Waals surface area contributed by atoms with Crippen molar-refractivity contribution in [1.29, 1.82) is 0 Å². The highest BCUT2D eigenvalue weighted by molar-refractivity contribution is 5.94. The van der Waals surface area contributed by atoms with Crippen molar-refractivity contribution < 1.29 is 4.79 Å². The van der Waals surface area contributed by atoms with Gasteiger partial charge in [-0.25, -0.2) is 4.98 Å². The molecule has 2 aromatic carbocycles. The molecule has 28 heavy (non-hydrogen) atoms. The second-order valence-corrected chi connectivity index (χ2v) is 6.42. The molecular formula is C21H26ClN5O. The van der Waals surface area contributed by atoms with Crippen LogP contribution in [0.25, 0.3) is 22.8 Å². The van der Waals surface area contributed by atoms with E-state index >= 15 is 0 Å². The fourth-order valence-corrected chi connectivity index (χ4v) is 2.89. The Balaban J connectivity index is 0.00000280. The molecular weight excluding hydrogens is 374 g/mol. The molecule has 4 N–H and O–H groups in total. The fourth-order valence-electron chi connectivity index (χ4n) is 2.89. The number of nitrogens with two attached hydrogens (primary N) is 1. The number of unbranched alkanes of at least 4 members (excludes halogenated alkanes) is 3. The Morgan fingerprint density at radius 1 is 0.964 bits per heavy atom. The molecule has 1 aromatic heterocycles. The number of para-hydroxylation sites is 1. The van der Waals surface area contributed by atoms with Crippen molar-refractivity contribution in [1.82, 2.24) is 15.2 Å². The van der Waals surface area contributed by atoms with Crippen LogP contribution in [0.2, 0.25) is 0 Å². The maximum atomic E-state index is 12.3. The number of amides is 1. The minimum absolute atomic E-state index is 0. The Labute approximate surface area is 171 Å². The molecule has 0 fully saturated rings. The monoisotopic (exact) mass is 399 g/mol. The number of carbonyl (C=O) groups excluding carboxylic acids is 1. The highest BCUT2D eigenvalue weighted by Gasteiger charge is 2.12. The third-order valence-electron chi connectivity index (χ3n) is 4.33.